The second-order valence-electron chi connectivity index (χ2n) is 7.68. The predicted molar refractivity (Wildman–Crippen MR) is 88.0 cm³/mol. The van der Waals surface area contributed by atoms with Crippen molar-refractivity contribution in [2.45, 2.75) is 65.1 Å². The van der Waals surface area contributed by atoms with Gasteiger partial charge in [-0.1, -0.05) is 20.8 Å². The minimum Gasteiger partial charge on any atom is -0.370 e. The number of nitrogens with one attached hydrogen (secondary N) is 1. The smallest absolute Gasteiger partial charge is 0.370 e. The fourth-order valence-corrected chi connectivity index (χ4v) is 3.25. The van der Waals surface area contributed by atoms with Gasteiger partial charge in [-0.3, -0.25) is 4.99 Å². The van der Waals surface area contributed by atoms with Gasteiger partial charge in [0.15, 0.2) is 5.96 Å². The van der Waals surface area contributed by atoms with Gasteiger partial charge in [0.05, 0.1) is 0 Å². The minimum absolute atomic E-state index is 0.0176. The molecule has 136 valence electrons. The molecule has 7 heteroatoms. The SMILES string of the molecule is CC(C)(C)C1CCC(CNC(CCN=C(N)N)C(F)(F)F)CC1. The van der Waals surface area contributed by atoms with Crippen LogP contribution in [0.2, 0.25) is 0 Å². The lowest BCUT2D eigenvalue weighted by Crippen LogP contribution is -2.45. The molecule has 5 N–H and O–H groups in total. The molecule has 1 unspecified atom stereocenters. The molecule has 1 fully saturated rings. The first-order chi connectivity index (χ1) is 10.5. The van der Waals surface area contributed by atoms with E-state index < -0.39 is 12.2 Å². The van der Waals surface area contributed by atoms with Gasteiger partial charge < -0.3 is 16.8 Å². The molecule has 0 aromatic heterocycles. The average Bonchev–Trinajstić information content (AvgIpc) is 2.40. The maximum Gasteiger partial charge on any atom is 0.403 e. The monoisotopic (exact) mass is 336 g/mol. The molecule has 0 amide bonds. The zero-order chi connectivity index (χ0) is 17.7. The first-order valence-corrected chi connectivity index (χ1v) is 8.35. The van der Waals surface area contributed by atoms with Gasteiger partial charge in [0.2, 0.25) is 0 Å². The zero-order valence-corrected chi connectivity index (χ0v) is 14.4. The van der Waals surface area contributed by atoms with E-state index in [1.54, 1.807) is 0 Å². The first kappa shape index (κ1) is 20.1. The van der Waals surface area contributed by atoms with Crippen molar-refractivity contribution in [2.24, 2.45) is 33.7 Å². The molecule has 1 atom stereocenters. The van der Waals surface area contributed by atoms with Crippen LogP contribution in [0.5, 0.6) is 0 Å². The highest BCUT2D eigenvalue weighted by Crippen LogP contribution is 2.39. The summed E-state index contributed by atoms with van der Waals surface area (Å²) in [6.45, 7) is 7.10. The Hall–Kier alpha value is -0.980. The van der Waals surface area contributed by atoms with Crippen LogP contribution in [-0.4, -0.2) is 31.3 Å². The molecule has 0 bridgehead atoms. The van der Waals surface area contributed by atoms with Crippen LogP contribution in [0.1, 0.15) is 52.9 Å². The average molecular weight is 336 g/mol. The van der Waals surface area contributed by atoms with E-state index in [2.05, 4.69) is 31.1 Å². The van der Waals surface area contributed by atoms with Gasteiger partial charge in [0.25, 0.3) is 0 Å². The summed E-state index contributed by atoms with van der Waals surface area (Å²) < 4.78 is 39.1. The fraction of sp³-hybridized carbons (Fsp3) is 0.938. The number of nitrogens with two attached hydrogens (primary N) is 2. The lowest BCUT2D eigenvalue weighted by Gasteiger charge is -2.37. The lowest BCUT2D eigenvalue weighted by atomic mass is 9.70. The molecule has 1 saturated carbocycles. The lowest BCUT2D eigenvalue weighted by molar-refractivity contribution is -0.157. The maximum absolute atomic E-state index is 13.0. The predicted octanol–water partition coefficient (Wildman–Crippen LogP) is 3.02. The second kappa shape index (κ2) is 8.22. The normalized spacial score (nSPS) is 24.3. The van der Waals surface area contributed by atoms with Crippen LogP contribution in [0.3, 0.4) is 0 Å². The minimum atomic E-state index is -4.28. The number of halogens is 3. The molecule has 1 rings (SSSR count). The van der Waals surface area contributed by atoms with Crippen molar-refractivity contribution in [3.05, 3.63) is 0 Å². The number of hydrogen-bond acceptors (Lipinski definition) is 2. The number of alkyl halides is 3. The molecule has 4 nitrogen and oxygen atoms in total. The van der Waals surface area contributed by atoms with Crippen molar-refractivity contribution < 1.29 is 13.2 Å². The Kier molecular flexibility index (Phi) is 7.17. The second-order valence-corrected chi connectivity index (χ2v) is 7.68. The van der Waals surface area contributed by atoms with Crippen molar-refractivity contribution in [3.63, 3.8) is 0 Å². The molecule has 0 heterocycles. The standard InChI is InChI=1S/C16H31F3N4/c1-15(2,3)12-6-4-11(5-7-12)10-23-13(16(17,18)19)8-9-22-14(20)21/h11-13,23H,4-10H2,1-3H3,(H4,20,21,22). The fourth-order valence-electron chi connectivity index (χ4n) is 3.25. The Morgan fingerprint density at radius 2 is 1.70 bits per heavy atom. The highest BCUT2D eigenvalue weighted by Gasteiger charge is 2.39. The number of aliphatic imine (C=N–C) groups is 1. The summed E-state index contributed by atoms with van der Waals surface area (Å²) in [7, 11) is 0. The van der Waals surface area contributed by atoms with Crippen LogP contribution in [-0.2, 0) is 0 Å². The van der Waals surface area contributed by atoms with E-state index in [1.165, 1.54) is 0 Å². The summed E-state index contributed by atoms with van der Waals surface area (Å²) in [6, 6.07) is -1.55. The molecule has 0 radical (unpaired) electrons. The quantitative estimate of drug-likeness (QED) is 0.515. The Labute approximate surface area is 137 Å². The Morgan fingerprint density at radius 3 is 2.13 bits per heavy atom. The summed E-state index contributed by atoms with van der Waals surface area (Å²) in [5, 5.41) is 2.68. The van der Waals surface area contributed by atoms with Crippen LogP contribution < -0.4 is 16.8 Å². The van der Waals surface area contributed by atoms with Gasteiger partial charge in [-0.2, -0.15) is 13.2 Å². The van der Waals surface area contributed by atoms with E-state index in [4.69, 9.17) is 11.5 Å². The summed E-state index contributed by atoms with van der Waals surface area (Å²) >= 11 is 0. The van der Waals surface area contributed by atoms with E-state index in [-0.39, 0.29) is 24.3 Å². The Bertz CT molecular complexity index is 376. The van der Waals surface area contributed by atoms with Gasteiger partial charge in [-0.25, -0.2) is 0 Å². The van der Waals surface area contributed by atoms with Crippen molar-refractivity contribution in [3.8, 4) is 0 Å². The molecular formula is C16H31F3N4. The highest BCUT2D eigenvalue weighted by molar-refractivity contribution is 5.75. The maximum atomic E-state index is 13.0. The zero-order valence-electron chi connectivity index (χ0n) is 14.4. The molecule has 0 spiro atoms. The van der Waals surface area contributed by atoms with E-state index >= 15 is 0 Å². The van der Waals surface area contributed by atoms with Crippen molar-refractivity contribution >= 4 is 5.96 Å². The summed E-state index contributed by atoms with van der Waals surface area (Å²) in [6.07, 6.45) is -0.234. The number of nitrogens with zero attached hydrogens (tertiary/aromatic N) is 1. The molecular weight excluding hydrogens is 305 g/mol. The van der Waals surface area contributed by atoms with Crippen LogP contribution in [0, 0.1) is 17.3 Å². The van der Waals surface area contributed by atoms with Crippen molar-refractivity contribution in [1.29, 1.82) is 0 Å². The molecule has 0 aliphatic heterocycles. The van der Waals surface area contributed by atoms with Crippen LogP contribution in [0.4, 0.5) is 13.2 Å². The van der Waals surface area contributed by atoms with Gasteiger partial charge in [0, 0.05) is 6.54 Å². The number of rotatable bonds is 6. The van der Waals surface area contributed by atoms with Gasteiger partial charge in [0.1, 0.15) is 6.04 Å². The molecule has 0 aromatic rings. The number of guanidine groups is 1. The molecule has 0 saturated heterocycles. The van der Waals surface area contributed by atoms with Gasteiger partial charge in [-0.15, -0.1) is 0 Å². The summed E-state index contributed by atoms with van der Waals surface area (Å²) in [4.78, 5) is 3.64. The van der Waals surface area contributed by atoms with E-state index in [9.17, 15) is 13.2 Å². The Balaban J connectivity index is 2.42. The third kappa shape index (κ3) is 7.42. The largest absolute Gasteiger partial charge is 0.403 e. The van der Waals surface area contributed by atoms with Gasteiger partial charge >= 0.3 is 6.18 Å². The van der Waals surface area contributed by atoms with Gasteiger partial charge in [-0.05, 0) is 55.9 Å². The third-order valence-electron chi connectivity index (χ3n) is 4.83. The summed E-state index contributed by atoms with van der Waals surface area (Å²) in [5.74, 6) is 0.812. The van der Waals surface area contributed by atoms with Crippen molar-refractivity contribution in [2.75, 3.05) is 13.1 Å². The highest BCUT2D eigenvalue weighted by atomic mass is 19.4. The molecule has 1 aliphatic rings. The first-order valence-electron chi connectivity index (χ1n) is 8.35. The Morgan fingerprint density at radius 1 is 1.13 bits per heavy atom. The summed E-state index contributed by atoms with van der Waals surface area (Å²) in [5.41, 5.74) is 10.6. The van der Waals surface area contributed by atoms with E-state index in [0.29, 0.717) is 18.4 Å². The van der Waals surface area contributed by atoms with Crippen LogP contribution >= 0.6 is 0 Å². The molecule has 23 heavy (non-hydrogen) atoms. The molecule has 0 aromatic carbocycles. The van der Waals surface area contributed by atoms with Crippen LogP contribution in [0.15, 0.2) is 4.99 Å². The molecule has 1 aliphatic carbocycles. The van der Waals surface area contributed by atoms with Crippen LogP contribution in [0.25, 0.3) is 0 Å². The third-order valence-corrected chi connectivity index (χ3v) is 4.83. The van der Waals surface area contributed by atoms with E-state index in [0.717, 1.165) is 25.7 Å². The van der Waals surface area contributed by atoms with Crippen molar-refractivity contribution in [1.82, 2.24) is 5.32 Å². The topological polar surface area (TPSA) is 76.4 Å². The van der Waals surface area contributed by atoms with E-state index in [1.807, 2.05) is 0 Å². The number of hydrogen-bond donors (Lipinski definition) is 3.